The van der Waals surface area contributed by atoms with Crippen molar-refractivity contribution in [3.63, 3.8) is 0 Å². The fourth-order valence-corrected chi connectivity index (χ4v) is 3.93. The molecule has 1 amide bonds. The highest BCUT2D eigenvalue weighted by Gasteiger charge is 2.22. The summed E-state index contributed by atoms with van der Waals surface area (Å²) in [5.41, 5.74) is 0.806. The lowest BCUT2D eigenvalue weighted by molar-refractivity contribution is -0.132. The Kier molecular flexibility index (Phi) is 5.48. The third-order valence-corrected chi connectivity index (χ3v) is 5.80. The van der Waals surface area contributed by atoms with E-state index in [9.17, 15) is 13.2 Å². The highest BCUT2D eigenvalue weighted by molar-refractivity contribution is 7.88. The predicted molar refractivity (Wildman–Crippen MR) is 92.9 cm³/mol. The molecule has 0 unspecified atom stereocenters. The standard InChI is InChI=1S/C17H24N2O5S/c1-25(21,22)19(10-7-17(20)18-8-3-2-4-9-18)12-14-5-6-15-16(11-14)24-13-23-15/h5-6,11H,2-4,7-10,12-13H2,1H3. The minimum atomic E-state index is -3.41. The second-order valence-electron chi connectivity index (χ2n) is 6.48. The van der Waals surface area contributed by atoms with Crippen LogP contribution in [-0.2, 0) is 21.4 Å². The molecule has 2 heterocycles. The average Bonchev–Trinajstić information content (AvgIpc) is 3.05. The van der Waals surface area contributed by atoms with E-state index >= 15 is 0 Å². The van der Waals surface area contributed by atoms with Crippen LogP contribution < -0.4 is 9.47 Å². The molecule has 1 saturated heterocycles. The Morgan fingerprint density at radius 3 is 2.60 bits per heavy atom. The minimum Gasteiger partial charge on any atom is -0.454 e. The van der Waals surface area contributed by atoms with Crippen LogP contribution in [0.5, 0.6) is 11.5 Å². The summed E-state index contributed by atoms with van der Waals surface area (Å²) in [4.78, 5) is 14.1. The summed E-state index contributed by atoms with van der Waals surface area (Å²) in [7, 11) is -3.41. The number of carbonyl (C=O) groups excluding carboxylic acids is 1. The number of likely N-dealkylation sites (tertiary alicyclic amines) is 1. The van der Waals surface area contributed by atoms with Crippen molar-refractivity contribution in [2.24, 2.45) is 0 Å². The van der Waals surface area contributed by atoms with Gasteiger partial charge in [0.2, 0.25) is 22.7 Å². The second-order valence-corrected chi connectivity index (χ2v) is 8.46. The van der Waals surface area contributed by atoms with Crippen LogP contribution in [0.3, 0.4) is 0 Å². The molecule has 0 aliphatic carbocycles. The van der Waals surface area contributed by atoms with Crippen LogP contribution in [0.25, 0.3) is 0 Å². The fourth-order valence-electron chi connectivity index (χ4n) is 3.13. The summed E-state index contributed by atoms with van der Waals surface area (Å²) < 4.78 is 36.1. The molecule has 2 aliphatic heterocycles. The zero-order valence-electron chi connectivity index (χ0n) is 14.4. The van der Waals surface area contributed by atoms with E-state index in [4.69, 9.17) is 9.47 Å². The third kappa shape index (κ3) is 4.64. The number of ether oxygens (including phenoxy) is 2. The number of amides is 1. The largest absolute Gasteiger partial charge is 0.454 e. The molecule has 3 rings (SSSR count). The van der Waals surface area contributed by atoms with Gasteiger partial charge in [-0.1, -0.05) is 6.07 Å². The number of fused-ring (bicyclic) bond motifs is 1. The van der Waals surface area contributed by atoms with Crippen molar-refractivity contribution < 1.29 is 22.7 Å². The monoisotopic (exact) mass is 368 g/mol. The van der Waals surface area contributed by atoms with Gasteiger partial charge in [-0.15, -0.1) is 0 Å². The van der Waals surface area contributed by atoms with E-state index in [1.54, 1.807) is 12.1 Å². The van der Waals surface area contributed by atoms with Crippen molar-refractivity contribution in [2.75, 3.05) is 32.7 Å². The second kappa shape index (κ2) is 7.61. The fraction of sp³-hybridized carbons (Fsp3) is 0.588. The number of piperidine rings is 1. The zero-order chi connectivity index (χ0) is 17.9. The lowest BCUT2D eigenvalue weighted by atomic mass is 10.1. The normalized spacial score (nSPS) is 17.1. The van der Waals surface area contributed by atoms with Gasteiger partial charge in [0.25, 0.3) is 0 Å². The SMILES string of the molecule is CS(=O)(=O)N(CCC(=O)N1CCCCC1)Cc1ccc2c(c1)OCO2. The number of hydrogen-bond acceptors (Lipinski definition) is 5. The Balaban J connectivity index is 1.63. The van der Waals surface area contributed by atoms with Crippen LogP contribution >= 0.6 is 0 Å². The first-order chi connectivity index (χ1) is 11.9. The van der Waals surface area contributed by atoms with E-state index in [0.29, 0.717) is 11.5 Å². The van der Waals surface area contributed by atoms with Crippen molar-refractivity contribution in [1.29, 1.82) is 0 Å². The van der Waals surface area contributed by atoms with E-state index in [1.807, 2.05) is 11.0 Å². The molecular formula is C17H24N2O5S. The van der Waals surface area contributed by atoms with E-state index in [1.165, 1.54) is 10.6 Å². The third-order valence-electron chi connectivity index (χ3n) is 4.55. The number of hydrogen-bond donors (Lipinski definition) is 0. The molecule has 1 aromatic carbocycles. The summed E-state index contributed by atoms with van der Waals surface area (Å²) in [5, 5.41) is 0. The lowest BCUT2D eigenvalue weighted by Crippen LogP contribution is -2.38. The molecular weight excluding hydrogens is 344 g/mol. The molecule has 7 nitrogen and oxygen atoms in total. The molecule has 25 heavy (non-hydrogen) atoms. The van der Waals surface area contributed by atoms with Gasteiger partial charge in [0.05, 0.1) is 6.26 Å². The molecule has 138 valence electrons. The minimum absolute atomic E-state index is 0.0269. The van der Waals surface area contributed by atoms with Crippen molar-refractivity contribution in [1.82, 2.24) is 9.21 Å². The lowest BCUT2D eigenvalue weighted by Gasteiger charge is -2.28. The van der Waals surface area contributed by atoms with Crippen LogP contribution in [0.1, 0.15) is 31.2 Å². The van der Waals surface area contributed by atoms with Gasteiger partial charge in [0.1, 0.15) is 0 Å². The van der Waals surface area contributed by atoms with Gasteiger partial charge in [-0.25, -0.2) is 8.42 Å². The molecule has 0 spiro atoms. The van der Waals surface area contributed by atoms with Gasteiger partial charge in [-0.3, -0.25) is 4.79 Å². The van der Waals surface area contributed by atoms with Crippen LogP contribution in [0.4, 0.5) is 0 Å². The van der Waals surface area contributed by atoms with Crippen molar-refractivity contribution in [2.45, 2.75) is 32.2 Å². The molecule has 0 atom stereocenters. The number of carbonyl (C=O) groups is 1. The van der Waals surface area contributed by atoms with Gasteiger partial charge >= 0.3 is 0 Å². The van der Waals surface area contributed by atoms with Crippen LogP contribution in [-0.4, -0.2) is 56.2 Å². The number of nitrogens with zero attached hydrogens (tertiary/aromatic N) is 2. The molecule has 2 aliphatic rings. The summed E-state index contributed by atoms with van der Waals surface area (Å²) in [6.45, 7) is 2.13. The van der Waals surface area contributed by atoms with Gasteiger partial charge in [-0.2, -0.15) is 4.31 Å². The first-order valence-corrected chi connectivity index (χ1v) is 10.4. The maximum atomic E-state index is 12.3. The van der Waals surface area contributed by atoms with E-state index < -0.39 is 10.0 Å². The number of benzene rings is 1. The zero-order valence-corrected chi connectivity index (χ0v) is 15.3. The quantitative estimate of drug-likeness (QED) is 0.762. The Hall–Kier alpha value is -1.80. The maximum absolute atomic E-state index is 12.3. The number of sulfonamides is 1. The summed E-state index contributed by atoms with van der Waals surface area (Å²) in [6, 6.07) is 5.38. The van der Waals surface area contributed by atoms with E-state index in [2.05, 4.69) is 0 Å². The van der Waals surface area contributed by atoms with E-state index in [0.717, 1.165) is 37.9 Å². The number of rotatable bonds is 6. The van der Waals surface area contributed by atoms with Gasteiger partial charge in [0.15, 0.2) is 11.5 Å². The van der Waals surface area contributed by atoms with E-state index in [-0.39, 0.29) is 32.2 Å². The topological polar surface area (TPSA) is 76.2 Å². The van der Waals surface area contributed by atoms with Crippen LogP contribution in [0.15, 0.2) is 18.2 Å². The molecule has 1 aromatic rings. The Labute approximate surface area is 148 Å². The van der Waals surface area contributed by atoms with Crippen molar-refractivity contribution in [3.05, 3.63) is 23.8 Å². The van der Waals surface area contributed by atoms with Crippen LogP contribution in [0.2, 0.25) is 0 Å². The first kappa shape index (κ1) is 18.0. The molecule has 0 bridgehead atoms. The molecule has 0 aromatic heterocycles. The Morgan fingerprint density at radius 2 is 1.88 bits per heavy atom. The summed E-state index contributed by atoms with van der Waals surface area (Å²) in [6.07, 6.45) is 4.59. The molecule has 8 heteroatoms. The summed E-state index contributed by atoms with van der Waals surface area (Å²) in [5.74, 6) is 1.31. The molecule has 0 saturated carbocycles. The predicted octanol–water partition coefficient (Wildman–Crippen LogP) is 1.58. The van der Waals surface area contributed by atoms with Gasteiger partial charge in [-0.05, 0) is 37.0 Å². The molecule has 1 fully saturated rings. The maximum Gasteiger partial charge on any atom is 0.231 e. The highest BCUT2D eigenvalue weighted by atomic mass is 32.2. The smallest absolute Gasteiger partial charge is 0.231 e. The molecule has 0 radical (unpaired) electrons. The first-order valence-electron chi connectivity index (χ1n) is 8.55. The van der Waals surface area contributed by atoms with Gasteiger partial charge in [0, 0.05) is 32.6 Å². The van der Waals surface area contributed by atoms with Crippen molar-refractivity contribution in [3.8, 4) is 11.5 Å². The van der Waals surface area contributed by atoms with Crippen molar-refractivity contribution >= 4 is 15.9 Å². The Morgan fingerprint density at radius 1 is 1.16 bits per heavy atom. The van der Waals surface area contributed by atoms with Gasteiger partial charge < -0.3 is 14.4 Å². The molecule has 0 N–H and O–H groups in total. The van der Waals surface area contributed by atoms with Crippen LogP contribution in [0, 0.1) is 0 Å². The summed E-state index contributed by atoms with van der Waals surface area (Å²) >= 11 is 0. The average molecular weight is 368 g/mol. The highest BCUT2D eigenvalue weighted by Crippen LogP contribution is 2.33. The Bertz CT molecular complexity index is 729.